The molecule has 0 atom stereocenters. The number of hydrogen-bond donors (Lipinski definition) is 3. The molecular formula is C23H26FN7OS. The lowest BCUT2D eigenvalue weighted by Gasteiger charge is -2.45. The van der Waals surface area contributed by atoms with Crippen molar-refractivity contribution in [2.24, 2.45) is 5.92 Å². The SMILES string of the molecule is CCC(=O)Nc1ccc(Sc2nc(Nc3cc(C)[nH]n3)cc(N3CC(F)(C4CC4)C3)n2)cc1. The number of alkyl halides is 1. The van der Waals surface area contributed by atoms with Crippen molar-refractivity contribution in [3.05, 3.63) is 42.1 Å². The van der Waals surface area contributed by atoms with Gasteiger partial charge in [-0.25, -0.2) is 14.4 Å². The highest BCUT2D eigenvalue weighted by molar-refractivity contribution is 7.99. The molecule has 1 saturated heterocycles. The normalized spacial score (nSPS) is 16.9. The van der Waals surface area contributed by atoms with Gasteiger partial charge in [0, 0.05) is 34.8 Å². The van der Waals surface area contributed by atoms with Crippen molar-refractivity contribution < 1.29 is 9.18 Å². The minimum atomic E-state index is -1.09. The number of aromatic nitrogens is 4. The molecule has 1 aliphatic heterocycles. The van der Waals surface area contributed by atoms with Crippen LogP contribution in [0.2, 0.25) is 0 Å². The van der Waals surface area contributed by atoms with Crippen LogP contribution in [0.5, 0.6) is 0 Å². The minimum absolute atomic E-state index is 0.0274. The summed E-state index contributed by atoms with van der Waals surface area (Å²) in [5.74, 6) is 2.12. The molecule has 0 unspecified atom stereocenters. The van der Waals surface area contributed by atoms with E-state index in [1.165, 1.54) is 11.8 Å². The number of hydrogen-bond acceptors (Lipinski definition) is 7. The maximum atomic E-state index is 14.9. The third-order valence-corrected chi connectivity index (χ3v) is 6.74. The molecule has 172 valence electrons. The Morgan fingerprint density at radius 3 is 2.61 bits per heavy atom. The van der Waals surface area contributed by atoms with E-state index < -0.39 is 5.67 Å². The maximum absolute atomic E-state index is 14.9. The zero-order valence-corrected chi connectivity index (χ0v) is 19.4. The molecule has 2 fully saturated rings. The van der Waals surface area contributed by atoms with E-state index in [0.29, 0.717) is 42.1 Å². The number of carbonyl (C=O) groups excluding carboxylic acids is 1. The third-order valence-electron chi connectivity index (χ3n) is 5.86. The number of anilines is 4. The van der Waals surface area contributed by atoms with Gasteiger partial charge < -0.3 is 15.5 Å². The van der Waals surface area contributed by atoms with Crippen molar-refractivity contribution in [3.8, 4) is 0 Å². The van der Waals surface area contributed by atoms with Gasteiger partial charge in [-0.15, -0.1) is 0 Å². The molecule has 1 aromatic carbocycles. The van der Waals surface area contributed by atoms with Gasteiger partial charge in [0.2, 0.25) is 5.91 Å². The van der Waals surface area contributed by atoms with Crippen LogP contribution in [0, 0.1) is 12.8 Å². The highest BCUT2D eigenvalue weighted by atomic mass is 32.2. The lowest BCUT2D eigenvalue weighted by molar-refractivity contribution is -0.115. The topological polar surface area (TPSA) is 98.8 Å². The van der Waals surface area contributed by atoms with Crippen LogP contribution in [-0.2, 0) is 4.79 Å². The van der Waals surface area contributed by atoms with E-state index in [1.807, 2.05) is 55.1 Å². The van der Waals surface area contributed by atoms with Crippen molar-refractivity contribution >= 4 is 40.8 Å². The lowest BCUT2D eigenvalue weighted by atomic mass is 9.91. The smallest absolute Gasteiger partial charge is 0.224 e. The molecular weight excluding hydrogens is 441 g/mol. The van der Waals surface area contributed by atoms with E-state index >= 15 is 0 Å². The summed E-state index contributed by atoms with van der Waals surface area (Å²) in [4.78, 5) is 23.8. The summed E-state index contributed by atoms with van der Waals surface area (Å²) in [7, 11) is 0. The van der Waals surface area contributed by atoms with Crippen LogP contribution in [0.15, 0.2) is 46.5 Å². The predicted molar refractivity (Wildman–Crippen MR) is 127 cm³/mol. The Hall–Kier alpha value is -3.14. The standard InChI is InChI=1S/C23H26FN7OS/c1-3-21(32)25-16-6-8-17(9-7-16)33-22-27-18(26-19-10-14(2)29-30-19)11-20(28-22)31-12-23(24,13-31)15-4-5-15/h6-11,15H,3-5,12-13H2,1-2H3,(H,25,32)(H2,26,27,28,29,30). The second-order valence-corrected chi connectivity index (χ2v) is 9.69. The number of rotatable bonds is 8. The first kappa shape index (κ1) is 21.7. The van der Waals surface area contributed by atoms with Crippen LogP contribution >= 0.6 is 11.8 Å². The predicted octanol–water partition coefficient (Wildman–Crippen LogP) is 4.69. The fraction of sp³-hybridized carbons (Fsp3) is 0.391. The third kappa shape index (κ3) is 4.95. The van der Waals surface area contributed by atoms with Gasteiger partial charge in [-0.3, -0.25) is 9.89 Å². The molecule has 5 rings (SSSR count). The summed E-state index contributed by atoms with van der Waals surface area (Å²) in [6.45, 7) is 4.48. The molecule has 0 radical (unpaired) electrons. The summed E-state index contributed by atoms with van der Waals surface area (Å²) in [6.07, 6.45) is 2.39. The van der Waals surface area contributed by atoms with Gasteiger partial charge >= 0.3 is 0 Å². The number of aromatic amines is 1. The fourth-order valence-corrected chi connectivity index (χ4v) is 4.63. The van der Waals surface area contributed by atoms with Crippen molar-refractivity contribution in [2.75, 3.05) is 28.6 Å². The van der Waals surface area contributed by atoms with Crippen molar-refractivity contribution in [3.63, 3.8) is 0 Å². The Labute approximate surface area is 195 Å². The number of H-pyrrole nitrogens is 1. The number of nitrogens with zero attached hydrogens (tertiary/aromatic N) is 4. The van der Waals surface area contributed by atoms with Crippen LogP contribution in [0.1, 0.15) is 31.9 Å². The Kier molecular flexibility index (Phi) is 5.69. The molecule has 33 heavy (non-hydrogen) atoms. The second kappa shape index (κ2) is 8.66. The monoisotopic (exact) mass is 467 g/mol. The van der Waals surface area contributed by atoms with Gasteiger partial charge in [-0.2, -0.15) is 5.10 Å². The molecule has 3 aromatic rings. The second-order valence-electron chi connectivity index (χ2n) is 8.65. The molecule has 0 spiro atoms. The summed E-state index contributed by atoms with van der Waals surface area (Å²) < 4.78 is 14.9. The van der Waals surface area contributed by atoms with Crippen molar-refractivity contribution in [2.45, 2.75) is 48.8 Å². The molecule has 2 aliphatic rings. The van der Waals surface area contributed by atoms with E-state index in [2.05, 4.69) is 25.8 Å². The minimum Gasteiger partial charge on any atom is -0.350 e. The van der Waals surface area contributed by atoms with Gasteiger partial charge in [0.05, 0.1) is 13.1 Å². The first-order valence-electron chi connectivity index (χ1n) is 11.1. The number of halogens is 1. The van der Waals surface area contributed by atoms with Crippen molar-refractivity contribution in [1.82, 2.24) is 20.2 Å². The van der Waals surface area contributed by atoms with Crippen LogP contribution in [-0.4, -0.2) is 44.8 Å². The van der Waals surface area contributed by atoms with Crippen LogP contribution in [0.25, 0.3) is 0 Å². The molecule has 8 nitrogen and oxygen atoms in total. The molecule has 2 aromatic heterocycles. The van der Waals surface area contributed by atoms with E-state index in [0.717, 1.165) is 29.1 Å². The zero-order valence-electron chi connectivity index (χ0n) is 18.6. The molecule has 1 saturated carbocycles. The highest BCUT2D eigenvalue weighted by Gasteiger charge is 2.54. The van der Waals surface area contributed by atoms with Crippen LogP contribution in [0.3, 0.4) is 0 Å². The molecule has 3 N–H and O–H groups in total. The Morgan fingerprint density at radius 2 is 1.97 bits per heavy atom. The van der Waals surface area contributed by atoms with Gasteiger partial charge in [0.25, 0.3) is 0 Å². The quantitative estimate of drug-likeness (QED) is 0.413. The maximum Gasteiger partial charge on any atom is 0.224 e. The van der Waals surface area contributed by atoms with E-state index in [9.17, 15) is 9.18 Å². The van der Waals surface area contributed by atoms with Crippen LogP contribution in [0.4, 0.5) is 27.5 Å². The van der Waals surface area contributed by atoms with Gasteiger partial charge in [-0.1, -0.05) is 6.92 Å². The van der Waals surface area contributed by atoms with Crippen LogP contribution < -0.4 is 15.5 Å². The Balaban J connectivity index is 1.36. The Morgan fingerprint density at radius 1 is 1.21 bits per heavy atom. The average molecular weight is 468 g/mol. The van der Waals surface area contributed by atoms with Gasteiger partial charge in [0.15, 0.2) is 11.0 Å². The molecule has 0 bridgehead atoms. The van der Waals surface area contributed by atoms with E-state index in [-0.39, 0.29) is 11.8 Å². The molecule has 1 amide bonds. The first-order chi connectivity index (χ1) is 15.9. The van der Waals surface area contributed by atoms with Crippen molar-refractivity contribution in [1.29, 1.82) is 0 Å². The van der Waals surface area contributed by atoms with E-state index in [4.69, 9.17) is 4.98 Å². The zero-order chi connectivity index (χ0) is 23.0. The average Bonchev–Trinajstić information content (AvgIpc) is 3.55. The molecule has 10 heteroatoms. The molecule has 1 aliphatic carbocycles. The number of nitrogens with one attached hydrogen (secondary N) is 3. The fourth-order valence-electron chi connectivity index (χ4n) is 3.87. The number of benzene rings is 1. The largest absolute Gasteiger partial charge is 0.350 e. The number of aryl methyl sites for hydroxylation is 1. The van der Waals surface area contributed by atoms with Gasteiger partial charge in [-0.05, 0) is 61.7 Å². The first-order valence-corrected chi connectivity index (χ1v) is 11.9. The number of carbonyl (C=O) groups is 1. The summed E-state index contributed by atoms with van der Waals surface area (Å²) >= 11 is 1.41. The summed E-state index contributed by atoms with van der Waals surface area (Å²) in [5, 5.41) is 13.7. The Bertz CT molecular complexity index is 1160. The van der Waals surface area contributed by atoms with E-state index in [1.54, 1.807) is 0 Å². The summed E-state index contributed by atoms with van der Waals surface area (Å²) in [6, 6.07) is 11.3. The number of amides is 1. The lowest BCUT2D eigenvalue weighted by Crippen LogP contribution is -2.60. The van der Waals surface area contributed by atoms with Gasteiger partial charge in [0.1, 0.15) is 17.3 Å². The summed E-state index contributed by atoms with van der Waals surface area (Å²) in [5.41, 5.74) is 0.590. The highest BCUT2D eigenvalue weighted by Crippen LogP contribution is 2.48. The molecule has 3 heterocycles.